The number of hydrogen-bond acceptors (Lipinski definition) is 5. The minimum atomic E-state index is -0.737. The first-order chi connectivity index (χ1) is 20.4. The summed E-state index contributed by atoms with van der Waals surface area (Å²) in [6.45, 7) is 5.53. The van der Waals surface area contributed by atoms with Crippen molar-refractivity contribution in [3.05, 3.63) is 102 Å². The summed E-state index contributed by atoms with van der Waals surface area (Å²) >= 11 is 0. The molecule has 222 valence electrons. The Morgan fingerprint density at radius 2 is 1.60 bits per heavy atom. The van der Waals surface area contributed by atoms with Crippen molar-refractivity contribution < 1.29 is 19.1 Å². The van der Waals surface area contributed by atoms with E-state index in [1.807, 2.05) is 60.7 Å². The van der Waals surface area contributed by atoms with Gasteiger partial charge in [0.1, 0.15) is 18.4 Å². The number of nitrogens with one attached hydrogen (secondary N) is 2. The highest BCUT2D eigenvalue weighted by molar-refractivity contribution is 5.88. The van der Waals surface area contributed by atoms with Gasteiger partial charge in [0, 0.05) is 38.4 Å². The van der Waals surface area contributed by atoms with Crippen LogP contribution in [0.15, 0.2) is 84.9 Å². The average Bonchev–Trinajstić information content (AvgIpc) is 3.46. The number of nitrogens with two attached hydrogens (primary N) is 1. The normalized spacial score (nSPS) is 16.4. The number of carbonyl (C=O) groups excluding carboxylic acids is 3. The van der Waals surface area contributed by atoms with E-state index in [9.17, 15) is 14.4 Å². The van der Waals surface area contributed by atoms with Crippen molar-refractivity contribution in [1.29, 1.82) is 0 Å². The van der Waals surface area contributed by atoms with Crippen molar-refractivity contribution in [3.63, 3.8) is 0 Å². The molecule has 42 heavy (non-hydrogen) atoms. The fourth-order valence-corrected chi connectivity index (χ4v) is 5.10. The molecule has 0 aromatic heterocycles. The lowest BCUT2D eigenvalue weighted by Gasteiger charge is -2.21. The number of primary amides is 1. The Kier molecular flexibility index (Phi) is 11.5. The van der Waals surface area contributed by atoms with E-state index in [1.54, 1.807) is 6.92 Å². The minimum Gasteiger partial charge on any atom is -0.489 e. The van der Waals surface area contributed by atoms with E-state index in [1.165, 1.54) is 5.56 Å². The summed E-state index contributed by atoms with van der Waals surface area (Å²) < 4.78 is 5.89. The molecule has 1 heterocycles. The van der Waals surface area contributed by atoms with Crippen LogP contribution in [0, 0.1) is 11.8 Å². The highest BCUT2D eigenvalue weighted by atomic mass is 16.5. The quantitative estimate of drug-likeness (QED) is 0.257. The summed E-state index contributed by atoms with van der Waals surface area (Å²) in [6.07, 6.45) is 1.81. The lowest BCUT2D eigenvalue weighted by Crippen LogP contribution is -2.49. The van der Waals surface area contributed by atoms with Crippen molar-refractivity contribution in [2.24, 2.45) is 17.6 Å². The van der Waals surface area contributed by atoms with Gasteiger partial charge in [0.05, 0.1) is 0 Å². The molecular weight excluding hydrogens is 528 g/mol. The van der Waals surface area contributed by atoms with Crippen LogP contribution in [0.5, 0.6) is 5.75 Å². The van der Waals surface area contributed by atoms with Gasteiger partial charge < -0.3 is 21.1 Å². The number of likely N-dealkylation sites (tertiary alicyclic amines) is 1. The zero-order valence-corrected chi connectivity index (χ0v) is 24.3. The molecule has 3 aromatic rings. The molecule has 0 spiro atoms. The van der Waals surface area contributed by atoms with Crippen LogP contribution in [-0.2, 0) is 34.0 Å². The second-order valence-electron chi connectivity index (χ2n) is 11.2. The van der Waals surface area contributed by atoms with E-state index in [0.717, 1.165) is 42.9 Å². The predicted molar refractivity (Wildman–Crippen MR) is 163 cm³/mol. The van der Waals surface area contributed by atoms with Gasteiger partial charge in [0.2, 0.25) is 17.7 Å². The van der Waals surface area contributed by atoms with Gasteiger partial charge in [-0.15, -0.1) is 0 Å². The molecule has 4 rings (SSSR count). The zero-order chi connectivity index (χ0) is 29.7. The lowest BCUT2D eigenvalue weighted by molar-refractivity contribution is -0.129. The number of hydrogen-bond donors (Lipinski definition) is 3. The molecule has 8 nitrogen and oxygen atoms in total. The Morgan fingerprint density at radius 3 is 2.26 bits per heavy atom. The van der Waals surface area contributed by atoms with Gasteiger partial charge in [-0.05, 0) is 54.1 Å². The van der Waals surface area contributed by atoms with Crippen molar-refractivity contribution in [2.75, 3.05) is 19.6 Å². The van der Waals surface area contributed by atoms with Crippen LogP contribution < -0.4 is 21.1 Å². The maximum Gasteiger partial charge on any atom is 0.242 e. The second kappa shape index (κ2) is 15.7. The highest BCUT2D eigenvalue weighted by Gasteiger charge is 2.26. The van der Waals surface area contributed by atoms with Crippen LogP contribution in [0.25, 0.3) is 0 Å². The molecule has 8 heteroatoms. The number of ether oxygens (including phenoxy) is 1. The number of carbonyl (C=O) groups is 3. The van der Waals surface area contributed by atoms with Gasteiger partial charge in [0.15, 0.2) is 0 Å². The summed E-state index contributed by atoms with van der Waals surface area (Å²) in [4.78, 5) is 39.9. The number of nitrogens with zero attached hydrogens (tertiary/aromatic N) is 1. The van der Waals surface area contributed by atoms with Gasteiger partial charge in [-0.3, -0.25) is 19.3 Å². The fourth-order valence-electron chi connectivity index (χ4n) is 5.10. The molecule has 4 N–H and O–H groups in total. The first kappa shape index (κ1) is 30.8. The maximum atomic E-state index is 13.3. The van der Waals surface area contributed by atoms with E-state index in [4.69, 9.17) is 10.5 Å². The summed E-state index contributed by atoms with van der Waals surface area (Å²) in [5, 5.41) is 5.98. The third-order valence-electron chi connectivity index (χ3n) is 7.74. The summed E-state index contributed by atoms with van der Waals surface area (Å²) in [5.41, 5.74) is 8.61. The number of benzene rings is 3. The Bertz CT molecular complexity index is 1280. The molecule has 3 amide bonds. The van der Waals surface area contributed by atoms with Crippen molar-refractivity contribution in [3.8, 4) is 5.75 Å². The maximum absolute atomic E-state index is 13.3. The van der Waals surface area contributed by atoms with Crippen molar-refractivity contribution in [1.82, 2.24) is 15.5 Å². The first-order valence-corrected chi connectivity index (χ1v) is 14.7. The lowest BCUT2D eigenvalue weighted by atomic mass is 10.0. The average molecular weight is 571 g/mol. The topological polar surface area (TPSA) is 114 Å². The number of rotatable bonds is 15. The molecule has 1 aliphatic rings. The monoisotopic (exact) mass is 570 g/mol. The van der Waals surface area contributed by atoms with Crippen LogP contribution in [0.1, 0.15) is 42.9 Å². The Balaban J connectivity index is 1.32. The first-order valence-electron chi connectivity index (χ1n) is 14.7. The Hall–Kier alpha value is -4.17. The summed E-state index contributed by atoms with van der Waals surface area (Å²) in [7, 11) is 0. The Morgan fingerprint density at radius 1 is 0.929 bits per heavy atom. The molecule has 0 bridgehead atoms. The van der Waals surface area contributed by atoms with Crippen molar-refractivity contribution >= 4 is 17.7 Å². The zero-order valence-electron chi connectivity index (χ0n) is 24.3. The van der Waals surface area contributed by atoms with Gasteiger partial charge in [-0.2, -0.15) is 0 Å². The molecule has 0 radical (unpaired) electrons. The molecule has 0 saturated carbocycles. The Labute approximate surface area is 248 Å². The van der Waals surface area contributed by atoms with E-state index in [0.29, 0.717) is 31.9 Å². The summed E-state index contributed by atoms with van der Waals surface area (Å²) in [6, 6.07) is 27.2. The van der Waals surface area contributed by atoms with E-state index >= 15 is 0 Å². The second-order valence-corrected chi connectivity index (χ2v) is 11.2. The third-order valence-corrected chi connectivity index (χ3v) is 7.74. The smallest absolute Gasteiger partial charge is 0.242 e. The highest BCUT2D eigenvalue weighted by Crippen LogP contribution is 2.19. The fraction of sp³-hybridized carbons (Fsp3) is 0.382. The van der Waals surface area contributed by atoms with Gasteiger partial charge >= 0.3 is 0 Å². The number of amides is 3. The molecule has 3 unspecified atom stereocenters. The molecule has 0 aliphatic carbocycles. The van der Waals surface area contributed by atoms with Crippen LogP contribution in [0.3, 0.4) is 0 Å². The van der Waals surface area contributed by atoms with E-state index < -0.39 is 17.9 Å². The summed E-state index contributed by atoms with van der Waals surface area (Å²) in [5.74, 6) is -0.253. The van der Waals surface area contributed by atoms with Gasteiger partial charge in [0.25, 0.3) is 0 Å². The molecule has 3 atom stereocenters. The SMILES string of the molecule is CC(CCC(=O)NC(Cc1ccc(OCc2ccccc2)cc1)C(=O)NCC1CCN(Cc2ccccc2)C1)C(N)=O. The molecule has 1 saturated heterocycles. The largest absolute Gasteiger partial charge is 0.489 e. The predicted octanol–water partition coefficient (Wildman–Crippen LogP) is 3.83. The minimum absolute atomic E-state index is 0.122. The van der Waals surface area contributed by atoms with Gasteiger partial charge in [-0.25, -0.2) is 0 Å². The standard InChI is InChI=1S/C34H42N4O4/c1-25(33(35)40)12-17-32(39)37-31(20-26-13-15-30(16-14-26)42-24-28-10-6-3-7-11-28)34(41)36-21-29-18-19-38(23-29)22-27-8-4-2-5-9-27/h2-11,13-16,25,29,31H,12,17-24H2,1H3,(H2,35,40)(H,36,41)(H,37,39). The molecule has 3 aromatic carbocycles. The molecular formula is C34H42N4O4. The van der Waals surface area contributed by atoms with Crippen LogP contribution >= 0.6 is 0 Å². The molecule has 1 aliphatic heterocycles. The van der Waals surface area contributed by atoms with Crippen LogP contribution in [0.2, 0.25) is 0 Å². The van der Waals surface area contributed by atoms with E-state index in [-0.39, 0.29) is 18.2 Å². The van der Waals surface area contributed by atoms with Crippen molar-refractivity contribution in [2.45, 2.75) is 51.8 Å². The van der Waals surface area contributed by atoms with Crippen LogP contribution in [0.4, 0.5) is 0 Å². The van der Waals surface area contributed by atoms with E-state index in [2.05, 4.69) is 39.8 Å². The van der Waals surface area contributed by atoms with Crippen LogP contribution in [-0.4, -0.2) is 48.3 Å². The third kappa shape index (κ3) is 10.0. The van der Waals surface area contributed by atoms with Gasteiger partial charge in [-0.1, -0.05) is 79.7 Å². The molecule has 1 fully saturated rings.